The molecule has 0 saturated carbocycles. The summed E-state index contributed by atoms with van der Waals surface area (Å²) in [5.74, 6) is 0.948. The first-order chi connectivity index (χ1) is 7.72. The van der Waals surface area contributed by atoms with Gasteiger partial charge in [0.15, 0.2) is 0 Å². The van der Waals surface area contributed by atoms with Crippen molar-refractivity contribution in [3.8, 4) is 0 Å². The van der Waals surface area contributed by atoms with Crippen LogP contribution >= 0.6 is 0 Å². The van der Waals surface area contributed by atoms with Crippen LogP contribution in [-0.4, -0.2) is 9.55 Å². The molecule has 2 rings (SSSR count). The lowest BCUT2D eigenvalue weighted by atomic mass is 10.1. The van der Waals surface area contributed by atoms with Gasteiger partial charge in [-0.3, -0.25) is 0 Å². The number of aryl methyl sites for hydroxylation is 1. The van der Waals surface area contributed by atoms with Gasteiger partial charge < -0.3 is 10.3 Å². The fraction of sp³-hybridized carbons (Fsp3) is 0.308. The van der Waals surface area contributed by atoms with E-state index in [2.05, 4.69) is 33.8 Å². The van der Waals surface area contributed by atoms with Crippen LogP contribution in [0.5, 0.6) is 0 Å². The largest absolute Gasteiger partial charge is 0.333 e. The molecule has 0 bridgehead atoms. The second kappa shape index (κ2) is 4.49. The molecule has 1 aromatic carbocycles. The molecular weight excluding hydrogens is 198 g/mol. The van der Waals surface area contributed by atoms with Crippen LogP contribution in [0.25, 0.3) is 0 Å². The van der Waals surface area contributed by atoms with Crippen LogP contribution in [0.1, 0.15) is 22.8 Å². The van der Waals surface area contributed by atoms with Crippen LogP contribution in [0.15, 0.2) is 30.3 Å². The van der Waals surface area contributed by atoms with Gasteiger partial charge in [-0.15, -0.1) is 0 Å². The van der Waals surface area contributed by atoms with Gasteiger partial charge in [-0.05, 0) is 12.5 Å². The lowest BCUT2D eigenvalue weighted by Crippen LogP contribution is -2.07. The lowest BCUT2D eigenvalue weighted by molar-refractivity contribution is 0.760. The summed E-state index contributed by atoms with van der Waals surface area (Å²) in [6.07, 6.45) is 0.913. The molecule has 1 heterocycles. The third-order valence-corrected chi connectivity index (χ3v) is 2.90. The van der Waals surface area contributed by atoms with Gasteiger partial charge >= 0.3 is 0 Å². The quantitative estimate of drug-likeness (QED) is 0.848. The van der Waals surface area contributed by atoms with Crippen molar-refractivity contribution >= 4 is 0 Å². The van der Waals surface area contributed by atoms with E-state index in [0.29, 0.717) is 6.54 Å². The van der Waals surface area contributed by atoms with Crippen LogP contribution in [0.4, 0.5) is 0 Å². The zero-order valence-corrected chi connectivity index (χ0v) is 9.77. The van der Waals surface area contributed by atoms with Crippen molar-refractivity contribution in [2.45, 2.75) is 19.9 Å². The Hall–Kier alpha value is -1.61. The van der Waals surface area contributed by atoms with E-state index in [1.165, 1.54) is 11.3 Å². The summed E-state index contributed by atoms with van der Waals surface area (Å²) in [4.78, 5) is 4.46. The Balaban J connectivity index is 2.31. The van der Waals surface area contributed by atoms with Gasteiger partial charge in [-0.25, -0.2) is 4.98 Å². The highest BCUT2D eigenvalue weighted by Gasteiger charge is 2.10. The van der Waals surface area contributed by atoms with E-state index in [1.807, 2.05) is 20.0 Å². The summed E-state index contributed by atoms with van der Waals surface area (Å²) in [5.41, 5.74) is 9.26. The minimum Gasteiger partial charge on any atom is -0.333 e. The summed E-state index contributed by atoms with van der Waals surface area (Å²) in [6.45, 7) is 2.53. The van der Waals surface area contributed by atoms with Gasteiger partial charge in [-0.1, -0.05) is 30.3 Å². The molecule has 0 saturated heterocycles. The number of hydrogen-bond donors (Lipinski definition) is 1. The highest BCUT2D eigenvalue weighted by Crippen LogP contribution is 2.14. The third kappa shape index (κ3) is 1.99. The van der Waals surface area contributed by atoms with Gasteiger partial charge in [0.2, 0.25) is 0 Å². The topological polar surface area (TPSA) is 43.8 Å². The van der Waals surface area contributed by atoms with E-state index >= 15 is 0 Å². The number of rotatable bonds is 3. The zero-order valence-electron chi connectivity index (χ0n) is 9.77. The van der Waals surface area contributed by atoms with Gasteiger partial charge in [0.05, 0.1) is 12.2 Å². The molecule has 0 spiro atoms. The maximum Gasteiger partial charge on any atom is 0.122 e. The Bertz CT molecular complexity index is 471. The molecule has 0 atom stereocenters. The Kier molecular flexibility index (Phi) is 3.06. The van der Waals surface area contributed by atoms with E-state index in [4.69, 9.17) is 5.73 Å². The van der Waals surface area contributed by atoms with Crippen molar-refractivity contribution in [2.75, 3.05) is 0 Å². The predicted molar refractivity (Wildman–Crippen MR) is 65.1 cm³/mol. The summed E-state index contributed by atoms with van der Waals surface area (Å²) >= 11 is 0. The first-order valence-electron chi connectivity index (χ1n) is 5.47. The van der Waals surface area contributed by atoms with E-state index in [0.717, 1.165) is 17.9 Å². The van der Waals surface area contributed by atoms with Crippen molar-refractivity contribution in [3.05, 3.63) is 53.1 Å². The summed E-state index contributed by atoms with van der Waals surface area (Å²) in [5, 5.41) is 0. The van der Waals surface area contributed by atoms with Crippen LogP contribution in [0.2, 0.25) is 0 Å². The first-order valence-corrected chi connectivity index (χ1v) is 5.47. The van der Waals surface area contributed by atoms with Gasteiger partial charge in [-0.2, -0.15) is 0 Å². The SMILES string of the molecule is Cc1nc(CN)n(C)c1Cc1ccccc1. The van der Waals surface area contributed by atoms with E-state index < -0.39 is 0 Å². The van der Waals surface area contributed by atoms with Crippen molar-refractivity contribution in [1.29, 1.82) is 0 Å². The summed E-state index contributed by atoms with van der Waals surface area (Å²) in [6, 6.07) is 10.4. The van der Waals surface area contributed by atoms with E-state index in [-0.39, 0.29) is 0 Å². The second-order valence-corrected chi connectivity index (χ2v) is 3.99. The molecule has 84 valence electrons. The molecule has 2 N–H and O–H groups in total. The van der Waals surface area contributed by atoms with Gasteiger partial charge in [0.1, 0.15) is 5.82 Å². The predicted octanol–water partition coefficient (Wildman–Crippen LogP) is 1.78. The van der Waals surface area contributed by atoms with Crippen LogP contribution in [0.3, 0.4) is 0 Å². The molecule has 0 fully saturated rings. The number of imidazole rings is 1. The minimum atomic E-state index is 0.492. The minimum absolute atomic E-state index is 0.492. The average molecular weight is 215 g/mol. The van der Waals surface area contributed by atoms with E-state index in [9.17, 15) is 0 Å². The van der Waals surface area contributed by atoms with Gasteiger partial charge in [0.25, 0.3) is 0 Å². The van der Waals surface area contributed by atoms with E-state index in [1.54, 1.807) is 0 Å². The molecule has 0 unspecified atom stereocenters. The molecule has 3 heteroatoms. The zero-order chi connectivity index (χ0) is 11.5. The molecule has 2 aromatic rings. The molecule has 1 aromatic heterocycles. The maximum absolute atomic E-state index is 5.64. The Labute approximate surface area is 95.9 Å². The van der Waals surface area contributed by atoms with Crippen LogP contribution < -0.4 is 5.73 Å². The highest BCUT2D eigenvalue weighted by molar-refractivity contribution is 5.25. The summed E-state index contributed by atoms with van der Waals surface area (Å²) < 4.78 is 2.10. The number of benzene rings is 1. The van der Waals surface area contributed by atoms with Crippen molar-refractivity contribution in [2.24, 2.45) is 12.8 Å². The molecule has 0 aliphatic carbocycles. The van der Waals surface area contributed by atoms with Gasteiger partial charge in [0, 0.05) is 19.2 Å². The maximum atomic E-state index is 5.64. The number of nitrogens with two attached hydrogens (primary N) is 1. The fourth-order valence-electron chi connectivity index (χ4n) is 1.95. The normalized spacial score (nSPS) is 10.7. The Morgan fingerprint density at radius 3 is 2.50 bits per heavy atom. The van der Waals surface area contributed by atoms with Crippen molar-refractivity contribution in [3.63, 3.8) is 0 Å². The lowest BCUT2D eigenvalue weighted by Gasteiger charge is -2.05. The molecule has 16 heavy (non-hydrogen) atoms. The average Bonchev–Trinajstić information content (AvgIpc) is 2.58. The highest BCUT2D eigenvalue weighted by atomic mass is 15.1. The molecule has 0 amide bonds. The Morgan fingerprint density at radius 2 is 1.94 bits per heavy atom. The number of nitrogens with zero attached hydrogens (tertiary/aromatic N) is 2. The van der Waals surface area contributed by atoms with Crippen LogP contribution in [0, 0.1) is 6.92 Å². The molecular formula is C13H17N3. The van der Waals surface area contributed by atoms with Crippen molar-refractivity contribution in [1.82, 2.24) is 9.55 Å². The fourth-order valence-corrected chi connectivity index (χ4v) is 1.95. The number of aromatic nitrogens is 2. The van der Waals surface area contributed by atoms with Crippen LogP contribution in [-0.2, 0) is 20.0 Å². The molecule has 0 aliphatic rings. The standard InChI is InChI=1S/C13H17N3/c1-10-12(16(2)13(9-14)15-10)8-11-6-4-3-5-7-11/h3-7H,8-9,14H2,1-2H3. The Morgan fingerprint density at radius 1 is 1.25 bits per heavy atom. The third-order valence-electron chi connectivity index (χ3n) is 2.90. The molecule has 3 nitrogen and oxygen atoms in total. The van der Waals surface area contributed by atoms with Crippen molar-refractivity contribution < 1.29 is 0 Å². The number of hydrogen-bond acceptors (Lipinski definition) is 2. The first kappa shape index (κ1) is 10.9. The summed E-state index contributed by atoms with van der Waals surface area (Å²) in [7, 11) is 2.03. The molecule has 0 radical (unpaired) electrons. The monoisotopic (exact) mass is 215 g/mol. The smallest absolute Gasteiger partial charge is 0.122 e. The second-order valence-electron chi connectivity index (χ2n) is 3.99. The molecule has 0 aliphatic heterocycles.